The van der Waals surface area contributed by atoms with Crippen LogP contribution in [0, 0.1) is 12.3 Å². The molecule has 1 aromatic carbocycles. The smallest absolute Gasteiger partial charge is 0.330 e. The number of hydrogen-bond acceptors (Lipinski definition) is 8. The molecule has 41 heavy (non-hydrogen) atoms. The average molecular weight is 560 g/mol. The van der Waals surface area contributed by atoms with Gasteiger partial charge in [-0.25, -0.2) is 9.78 Å². The molecule has 5 heterocycles. The number of nitrogens with one attached hydrogen (secondary N) is 1. The minimum atomic E-state index is -1.62. The van der Waals surface area contributed by atoms with Gasteiger partial charge < -0.3 is 14.4 Å². The van der Waals surface area contributed by atoms with Gasteiger partial charge in [0.2, 0.25) is 11.8 Å². The molecule has 2 atom stereocenters. The number of barbiturate groups is 1. The van der Waals surface area contributed by atoms with Crippen molar-refractivity contribution in [2.75, 3.05) is 32.2 Å². The van der Waals surface area contributed by atoms with E-state index in [2.05, 4.69) is 5.32 Å². The van der Waals surface area contributed by atoms with Crippen LogP contribution in [0.25, 0.3) is 5.65 Å². The van der Waals surface area contributed by atoms with E-state index in [1.54, 1.807) is 38.6 Å². The normalized spacial score (nSPS) is 22.3. The first-order valence-electron chi connectivity index (χ1n) is 14.0. The molecule has 214 valence electrons. The number of rotatable bonds is 5. The van der Waals surface area contributed by atoms with Crippen molar-refractivity contribution in [3.8, 4) is 11.5 Å². The molecule has 2 fully saturated rings. The Morgan fingerprint density at radius 3 is 2.63 bits per heavy atom. The van der Waals surface area contributed by atoms with Crippen molar-refractivity contribution < 1.29 is 23.9 Å². The van der Waals surface area contributed by atoms with Crippen LogP contribution < -0.4 is 25.2 Å². The van der Waals surface area contributed by atoms with Gasteiger partial charge in [0.15, 0.2) is 16.9 Å². The topological polar surface area (TPSA) is 123 Å². The summed E-state index contributed by atoms with van der Waals surface area (Å²) < 4.78 is 12.2. The number of benzene rings is 1. The molecule has 2 aromatic heterocycles. The summed E-state index contributed by atoms with van der Waals surface area (Å²) in [6, 6.07) is 7.82. The number of fused-ring (bicyclic) bond motifs is 5. The molecule has 3 aromatic rings. The van der Waals surface area contributed by atoms with Gasteiger partial charge in [0, 0.05) is 25.7 Å². The Balaban J connectivity index is 1.42. The predicted molar refractivity (Wildman–Crippen MR) is 150 cm³/mol. The van der Waals surface area contributed by atoms with Gasteiger partial charge in [-0.2, -0.15) is 0 Å². The number of carbonyl (C=O) groups is 3. The minimum absolute atomic E-state index is 0.0584. The summed E-state index contributed by atoms with van der Waals surface area (Å²) in [5.41, 5.74) is 0.651. The fraction of sp³-hybridized carbons (Fsp3) is 0.433. The number of aryl methyl sites for hydroxylation is 1. The van der Waals surface area contributed by atoms with Crippen molar-refractivity contribution in [3.63, 3.8) is 0 Å². The van der Waals surface area contributed by atoms with E-state index in [0.717, 1.165) is 35.3 Å². The van der Waals surface area contributed by atoms with Crippen LogP contribution in [0.2, 0.25) is 0 Å². The highest BCUT2D eigenvalue weighted by molar-refractivity contribution is 6.20. The zero-order valence-electron chi connectivity index (χ0n) is 23.4. The molecule has 0 saturated carbocycles. The van der Waals surface area contributed by atoms with Gasteiger partial charge in [-0.05, 0) is 55.5 Å². The summed E-state index contributed by atoms with van der Waals surface area (Å²) in [5.74, 6) is 0.439. The van der Waals surface area contributed by atoms with Gasteiger partial charge in [0.25, 0.3) is 5.56 Å². The van der Waals surface area contributed by atoms with Crippen LogP contribution >= 0.6 is 0 Å². The Bertz CT molecular complexity index is 1630. The number of imide groups is 2. The minimum Gasteiger partial charge on any atom is -0.493 e. The monoisotopic (exact) mass is 559 g/mol. The van der Waals surface area contributed by atoms with Crippen LogP contribution in [-0.4, -0.2) is 65.5 Å². The lowest BCUT2D eigenvalue weighted by Crippen LogP contribution is -2.72. The van der Waals surface area contributed by atoms with Crippen molar-refractivity contribution >= 4 is 29.3 Å². The molecular weight excluding hydrogens is 526 g/mol. The highest BCUT2D eigenvalue weighted by atomic mass is 16.5. The fourth-order valence-corrected chi connectivity index (χ4v) is 6.62. The number of methoxy groups -OCH3 is 2. The first-order valence-corrected chi connectivity index (χ1v) is 14.0. The maximum Gasteiger partial charge on any atom is 0.330 e. The predicted octanol–water partition coefficient (Wildman–Crippen LogP) is 2.63. The molecule has 4 amide bonds. The van der Waals surface area contributed by atoms with E-state index >= 15 is 0 Å². The highest BCUT2D eigenvalue weighted by Gasteiger charge is 2.62. The number of amides is 4. The number of ether oxygens (including phenoxy) is 2. The van der Waals surface area contributed by atoms with Crippen molar-refractivity contribution in [1.82, 2.24) is 19.6 Å². The Morgan fingerprint density at radius 1 is 1.05 bits per heavy atom. The molecular formula is C30H33N5O6. The molecule has 0 aliphatic carbocycles. The summed E-state index contributed by atoms with van der Waals surface area (Å²) in [4.78, 5) is 63.2. The van der Waals surface area contributed by atoms with Gasteiger partial charge in [-0.15, -0.1) is 0 Å². The van der Waals surface area contributed by atoms with Gasteiger partial charge in [-0.1, -0.05) is 25.0 Å². The second-order valence-electron chi connectivity index (χ2n) is 11.0. The average Bonchev–Trinajstić information content (AvgIpc) is 3.23. The second-order valence-corrected chi connectivity index (χ2v) is 11.0. The molecule has 0 unspecified atom stereocenters. The zero-order chi connectivity index (χ0) is 28.9. The number of hydrogen-bond donors (Lipinski definition) is 1. The molecule has 11 nitrogen and oxygen atoms in total. The van der Waals surface area contributed by atoms with Crippen LogP contribution in [0.1, 0.15) is 42.4 Å². The first kappa shape index (κ1) is 26.8. The van der Waals surface area contributed by atoms with Crippen LogP contribution in [0.15, 0.2) is 41.3 Å². The number of anilines is 1. The Morgan fingerprint density at radius 2 is 1.85 bits per heavy atom. The van der Waals surface area contributed by atoms with Crippen LogP contribution in [-0.2, 0) is 22.4 Å². The van der Waals surface area contributed by atoms with Gasteiger partial charge >= 0.3 is 6.03 Å². The van der Waals surface area contributed by atoms with Gasteiger partial charge in [-0.3, -0.25) is 29.0 Å². The van der Waals surface area contributed by atoms with E-state index in [-0.39, 0.29) is 18.5 Å². The van der Waals surface area contributed by atoms with E-state index in [0.29, 0.717) is 47.9 Å². The largest absolute Gasteiger partial charge is 0.493 e. The maximum absolute atomic E-state index is 14.4. The molecule has 0 bridgehead atoms. The first-order chi connectivity index (χ1) is 19.8. The number of urea groups is 1. The lowest BCUT2D eigenvalue weighted by molar-refractivity contribution is -0.153. The third-order valence-corrected chi connectivity index (χ3v) is 8.74. The number of aromatic nitrogens is 2. The Hall–Kier alpha value is -4.41. The van der Waals surface area contributed by atoms with Crippen LogP contribution in [0.5, 0.6) is 11.5 Å². The van der Waals surface area contributed by atoms with E-state index < -0.39 is 29.3 Å². The molecule has 3 aliphatic heterocycles. The maximum atomic E-state index is 14.4. The number of nitrogens with zero attached hydrogens (tertiary/aromatic N) is 4. The summed E-state index contributed by atoms with van der Waals surface area (Å²) in [5, 5.41) is 2.47. The lowest BCUT2D eigenvalue weighted by atomic mass is 9.68. The van der Waals surface area contributed by atoms with E-state index in [4.69, 9.17) is 14.5 Å². The zero-order valence-corrected chi connectivity index (χ0v) is 23.4. The lowest BCUT2D eigenvalue weighted by Gasteiger charge is -2.50. The quantitative estimate of drug-likeness (QED) is 0.474. The molecule has 2 saturated heterocycles. The van der Waals surface area contributed by atoms with Crippen molar-refractivity contribution in [3.05, 3.63) is 63.6 Å². The van der Waals surface area contributed by atoms with Crippen LogP contribution in [0.3, 0.4) is 0 Å². The molecule has 6 rings (SSSR count). The van der Waals surface area contributed by atoms with Crippen molar-refractivity contribution in [2.45, 2.75) is 51.5 Å². The molecule has 1 N–H and O–H groups in total. The Kier molecular flexibility index (Phi) is 6.67. The molecule has 0 radical (unpaired) electrons. The third kappa shape index (κ3) is 4.13. The summed E-state index contributed by atoms with van der Waals surface area (Å²) >= 11 is 0. The summed E-state index contributed by atoms with van der Waals surface area (Å²) in [7, 11) is 3.09. The molecule has 3 aliphatic rings. The summed E-state index contributed by atoms with van der Waals surface area (Å²) in [6.45, 7) is 2.52. The fourth-order valence-electron chi connectivity index (χ4n) is 6.62. The number of carbonyl (C=O) groups excluding carboxylic acids is 3. The Labute approximate surface area is 237 Å². The third-order valence-electron chi connectivity index (χ3n) is 8.74. The van der Waals surface area contributed by atoms with Crippen molar-refractivity contribution in [1.29, 1.82) is 0 Å². The van der Waals surface area contributed by atoms with Gasteiger partial charge in [0.05, 0.1) is 25.8 Å². The molecule has 1 spiro atoms. The highest BCUT2D eigenvalue weighted by Crippen LogP contribution is 2.46. The summed E-state index contributed by atoms with van der Waals surface area (Å²) in [6.07, 6.45) is 5.07. The van der Waals surface area contributed by atoms with Crippen LogP contribution in [0.4, 0.5) is 10.6 Å². The van der Waals surface area contributed by atoms with E-state index in [1.807, 2.05) is 24.0 Å². The van der Waals surface area contributed by atoms with Gasteiger partial charge in [0.1, 0.15) is 11.5 Å². The second kappa shape index (κ2) is 10.2. The SMILES string of the molecule is COc1ccc(CCN2C(=O)NC(=O)[C@]3(Cc4c(nc5c(C)cccn5c4=O)N4CCCCC[C@@H]43)C2=O)cc1OC. The van der Waals surface area contributed by atoms with E-state index in [1.165, 1.54) is 4.40 Å². The van der Waals surface area contributed by atoms with Crippen molar-refractivity contribution in [2.24, 2.45) is 5.41 Å². The van der Waals surface area contributed by atoms with E-state index in [9.17, 15) is 19.2 Å². The standard InChI is InChI=1S/C30H33N5O6/c1-18-8-7-14-34-24(18)31-25-20(26(34)36)17-30(23-9-5-4-6-13-33(23)25)27(37)32-29(39)35(28(30)38)15-12-19-10-11-21(40-2)22(16-19)41-3/h7-8,10-11,14,16,23H,4-6,9,12-13,15,17H2,1-3H3,(H,32,37,39)/t23-,30-/m1/s1. The molecule has 11 heteroatoms. The number of pyridine rings is 1.